The van der Waals surface area contributed by atoms with Crippen LogP contribution >= 0.6 is 0 Å². The average molecular weight is 224 g/mol. The molecule has 1 N–H and O–H groups in total. The zero-order chi connectivity index (χ0) is 12.2. The number of ether oxygens (including phenoxy) is 2. The Morgan fingerprint density at radius 2 is 2.25 bits per heavy atom. The lowest BCUT2D eigenvalue weighted by Crippen LogP contribution is -2.32. The minimum absolute atomic E-state index is 0.0189. The van der Waals surface area contributed by atoms with E-state index < -0.39 is 11.6 Å². The van der Waals surface area contributed by atoms with Gasteiger partial charge in [0.15, 0.2) is 0 Å². The second-order valence-corrected chi connectivity index (χ2v) is 4.42. The zero-order valence-electron chi connectivity index (χ0n) is 9.79. The van der Waals surface area contributed by atoms with Crippen LogP contribution in [0.25, 0.3) is 4.85 Å². The number of esters is 1. The van der Waals surface area contributed by atoms with Crippen LogP contribution in [0.3, 0.4) is 0 Å². The summed E-state index contributed by atoms with van der Waals surface area (Å²) >= 11 is 0. The monoisotopic (exact) mass is 224 g/mol. The first-order valence-electron chi connectivity index (χ1n) is 5.09. The Morgan fingerprint density at radius 1 is 1.56 bits per heavy atom. The minimum atomic E-state index is -0.601. The van der Waals surface area contributed by atoms with Gasteiger partial charge in [-0.3, -0.25) is 4.79 Å². The fourth-order valence-electron chi connectivity index (χ4n) is 1.21. The number of morpholine rings is 1. The molecular weight excluding hydrogens is 208 g/mol. The maximum Gasteiger partial charge on any atom is 0.338 e. The lowest BCUT2D eigenvalue weighted by molar-refractivity contribution is -0.149. The standard InChI is InChI=1S/C11H16N2O3/c1-11(2,3)16-10(14)9(12-4)8-7-15-6-5-13-8/h13H,5-7H2,1-3H3. The van der Waals surface area contributed by atoms with Gasteiger partial charge in [-0.05, 0) is 20.8 Å². The summed E-state index contributed by atoms with van der Waals surface area (Å²) in [7, 11) is 0. The fraction of sp³-hybridized carbons (Fsp3) is 0.636. The average Bonchev–Trinajstić information content (AvgIpc) is 2.17. The van der Waals surface area contributed by atoms with Crippen LogP contribution in [-0.4, -0.2) is 31.3 Å². The van der Waals surface area contributed by atoms with E-state index in [2.05, 4.69) is 10.2 Å². The molecule has 0 saturated carbocycles. The predicted octanol–water partition coefficient (Wildman–Crippen LogP) is 1.08. The number of carbonyl (C=O) groups excluding carboxylic acids is 1. The van der Waals surface area contributed by atoms with Crippen molar-refractivity contribution in [2.24, 2.45) is 0 Å². The first-order valence-corrected chi connectivity index (χ1v) is 5.09. The third kappa shape index (κ3) is 3.55. The number of carbonyl (C=O) groups is 1. The van der Waals surface area contributed by atoms with Crippen molar-refractivity contribution < 1.29 is 14.3 Å². The molecule has 0 radical (unpaired) electrons. The molecule has 1 saturated heterocycles. The Morgan fingerprint density at radius 3 is 2.69 bits per heavy atom. The van der Waals surface area contributed by atoms with E-state index in [1.54, 1.807) is 20.8 Å². The molecule has 0 spiro atoms. The molecule has 5 nitrogen and oxygen atoms in total. The van der Waals surface area contributed by atoms with Gasteiger partial charge in [0.2, 0.25) is 0 Å². The van der Waals surface area contributed by atoms with Gasteiger partial charge in [-0.25, -0.2) is 4.85 Å². The van der Waals surface area contributed by atoms with Crippen molar-refractivity contribution in [1.29, 1.82) is 0 Å². The van der Waals surface area contributed by atoms with Gasteiger partial charge in [-0.2, -0.15) is 0 Å². The molecule has 1 fully saturated rings. The van der Waals surface area contributed by atoms with E-state index in [-0.39, 0.29) is 12.3 Å². The van der Waals surface area contributed by atoms with Gasteiger partial charge in [-0.15, -0.1) is 0 Å². The van der Waals surface area contributed by atoms with E-state index in [0.29, 0.717) is 18.8 Å². The van der Waals surface area contributed by atoms with Crippen molar-refractivity contribution in [3.63, 3.8) is 0 Å². The smallest absolute Gasteiger partial charge is 0.338 e. The Balaban J connectivity index is 2.82. The van der Waals surface area contributed by atoms with Gasteiger partial charge in [0, 0.05) is 12.2 Å². The molecule has 0 aromatic heterocycles. The minimum Gasteiger partial charge on any atom is -0.465 e. The Bertz CT molecular complexity index is 339. The highest BCUT2D eigenvalue weighted by atomic mass is 16.6. The van der Waals surface area contributed by atoms with Crippen molar-refractivity contribution >= 4 is 5.97 Å². The molecule has 0 aliphatic carbocycles. The topological polar surface area (TPSA) is 51.9 Å². The van der Waals surface area contributed by atoms with Gasteiger partial charge in [0.1, 0.15) is 5.60 Å². The quantitative estimate of drug-likeness (QED) is 0.411. The van der Waals surface area contributed by atoms with Crippen molar-refractivity contribution in [3.05, 3.63) is 22.8 Å². The van der Waals surface area contributed by atoms with Crippen LogP contribution in [0.2, 0.25) is 0 Å². The highest BCUT2D eigenvalue weighted by Gasteiger charge is 2.24. The normalized spacial score (nSPS) is 19.4. The van der Waals surface area contributed by atoms with E-state index in [4.69, 9.17) is 16.0 Å². The fourth-order valence-corrected chi connectivity index (χ4v) is 1.21. The van der Waals surface area contributed by atoms with Crippen LogP contribution in [0.4, 0.5) is 0 Å². The molecule has 0 unspecified atom stereocenters. The third-order valence-electron chi connectivity index (χ3n) is 1.82. The van der Waals surface area contributed by atoms with Gasteiger partial charge >= 0.3 is 5.97 Å². The van der Waals surface area contributed by atoms with E-state index in [1.807, 2.05) is 0 Å². The molecule has 0 aromatic rings. The number of nitrogens with one attached hydrogen (secondary N) is 1. The maximum atomic E-state index is 11.7. The van der Waals surface area contributed by atoms with Crippen LogP contribution < -0.4 is 5.32 Å². The van der Waals surface area contributed by atoms with Gasteiger partial charge < -0.3 is 14.8 Å². The van der Waals surface area contributed by atoms with Crippen molar-refractivity contribution in [3.8, 4) is 0 Å². The van der Waals surface area contributed by atoms with Gasteiger partial charge in [0.05, 0.1) is 19.8 Å². The molecule has 0 bridgehead atoms. The molecule has 0 atom stereocenters. The van der Waals surface area contributed by atoms with Crippen molar-refractivity contribution in [2.45, 2.75) is 26.4 Å². The Hall–Kier alpha value is -1.54. The van der Waals surface area contributed by atoms with E-state index in [0.717, 1.165) is 0 Å². The molecule has 1 aliphatic heterocycles. The van der Waals surface area contributed by atoms with E-state index >= 15 is 0 Å². The predicted molar refractivity (Wildman–Crippen MR) is 58.3 cm³/mol. The highest BCUT2D eigenvalue weighted by Crippen LogP contribution is 2.15. The molecule has 0 amide bonds. The van der Waals surface area contributed by atoms with E-state index in [9.17, 15) is 4.79 Å². The number of rotatable bonds is 1. The summed E-state index contributed by atoms with van der Waals surface area (Å²) in [6.07, 6.45) is 0. The van der Waals surface area contributed by atoms with Crippen LogP contribution in [0.15, 0.2) is 11.4 Å². The molecular formula is C11H16N2O3. The van der Waals surface area contributed by atoms with Crippen LogP contribution in [0, 0.1) is 6.57 Å². The first kappa shape index (κ1) is 12.5. The second-order valence-electron chi connectivity index (χ2n) is 4.42. The second kappa shape index (κ2) is 4.99. The lowest BCUT2D eigenvalue weighted by atomic mass is 10.2. The van der Waals surface area contributed by atoms with Crippen LogP contribution in [0.5, 0.6) is 0 Å². The van der Waals surface area contributed by atoms with Crippen LogP contribution in [0.1, 0.15) is 20.8 Å². The summed E-state index contributed by atoms with van der Waals surface area (Å²) in [6.45, 7) is 13.8. The number of hydrogen-bond acceptors (Lipinski definition) is 4. The van der Waals surface area contributed by atoms with Gasteiger partial charge in [0.25, 0.3) is 5.70 Å². The van der Waals surface area contributed by atoms with Crippen molar-refractivity contribution in [1.82, 2.24) is 5.32 Å². The summed E-state index contributed by atoms with van der Waals surface area (Å²) < 4.78 is 10.3. The first-order chi connectivity index (χ1) is 7.44. The summed E-state index contributed by atoms with van der Waals surface area (Å²) in [5, 5.41) is 2.98. The molecule has 1 aliphatic rings. The molecule has 88 valence electrons. The summed E-state index contributed by atoms with van der Waals surface area (Å²) in [4.78, 5) is 14.9. The highest BCUT2D eigenvalue weighted by molar-refractivity contribution is 5.91. The largest absolute Gasteiger partial charge is 0.465 e. The van der Waals surface area contributed by atoms with Gasteiger partial charge in [-0.1, -0.05) is 0 Å². The molecule has 5 heteroatoms. The SMILES string of the molecule is [C-]#[N+]C(C(=O)OC(C)(C)C)=C1COCCN1. The van der Waals surface area contributed by atoms with Crippen molar-refractivity contribution in [2.75, 3.05) is 19.8 Å². The van der Waals surface area contributed by atoms with Crippen LogP contribution in [-0.2, 0) is 14.3 Å². The molecule has 16 heavy (non-hydrogen) atoms. The molecule has 1 heterocycles. The summed E-state index contributed by atoms with van der Waals surface area (Å²) in [5.74, 6) is -0.601. The third-order valence-corrected chi connectivity index (χ3v) is 1.82. The Kier molecular flexibility index (Phi) is 3.91. The summed E-state index contributed by atoms with van der Waals surface area (Å²) in [6, 6.07) is 0. The molecule has 1 rings (SSSR count). The maximum absolute atomic E-state index is 11.7. The zero-order valence-corrected chi connectivity index (χ0v) is 9.79. The summed E-state index contributed by atoms with van der Waals surface area (Å²) in [5.41, 5.74) is -0.103. The molecule has 0 aromatic carbocycles. The number of hydrogen-bond donors (Lipinski definition) is 1. The Labute approximate surface area is 95.2 Å². The number of nitrogens with zero attached hydrogens (tertiary/aromatic N) is 1. The lowest BCUT2D eigenvalue weighted by Gasteiger charge is -2.22. The van der Waals surface area contributed by atoms with E-state index in [1.165, 1.54) is 0 Å².